The Hall–Kier alpha value is -3.62. The first kappa shape index (κ1) is 22.1. The van der Waals surface area contributed by atoms with Crippen LogP contribution < -0.4 is 5.32 Å². The molecule has 0 bridgehead atoms. The predicted octanol–water partition coefficient (Wildman–Crippen LogP) is 3.89. The molecule has 1 N–H and O–H groups in total. The van der Waals surface area contributed by atoms with Crippen LogP contribution in [-0.4, -0.2) is 33.5 Å². The quantitative estimate of drug-likeness (QED) is 0.645. The van der Waals surface area contributed by atoms with E-state index in [1.807, 2.05) is 0 Å². The number of carbonyl (C=O) groups is 2. The van der Waals surface area contributed by atoms with Crippen LogP contribution in [0.2, 0.25) is 0 Å². The van der Waals surface area contributed by atoms with Crippen molar-refractivity contribution in [3.05, 3.63) is 83.2 Å². The molecular formula is C22H21F3N4O2. The van der Waals surface area contributed by atoms with Gasteiger partial charge in [-0.1, -0.05) is 30.3 Å². The lowest BCUT2D eigenvalue weighted by Crippen LogP contribution is -2.27. The van der Waals surface area contributed by atoms with Crippen molar-refractivity contribution >= 4 is 17.5 Å². The average Bonchev–Trinajstić information content (AvgIpc) is 3.11. The lowest BCUT2D eigenvalue weighted by atomic mass is 10.1. The third-order valence-electron chi connectivity index (χ3n) is 4.52. The van der Waals surface area contributed by atoms with Crippen LogP contribution in [0.4, 0.5) is 18.9 Å². The van der Waals surface area contributed by atoms with E-state index in [-0.39, 0.29) is 24.2 Å². The van der Waals surface area contributed by atoms with Crippen LogP contribution in [0.25, 0.3) is 0 Å². The number of anilines is 1. The van der Waals surface area contributed by atoms with Gasteiger partial charge < -0.3 is 10.2 Å². The Bertz CT molecular complexity index is 1080. The Kier molecular flexibility index (Phi) is 6.43. The minimum absolute atomic E-state index is 0.00127. The van der Waals surface area contributed by atoms with Gasteiger partial charge in [-0.3, -0.25) is 14.3 Å². The molecule has 0 aliphatic heterocycles. The summed E-state index contributed by atoms with van der Waals surface area (Å²) in [6, 6.07) is 11.7. The molecule has 31 heavy (non-hydrogen) atoms. The summed E-state index contributed by atoms with van der Waals surface area (Å²) in [6.07, 6.45) is -1.38. The van der Waals surface area contributed by atoms with Crippen LogP contribution in [0.5, 0.6) is 0 Å². The molecule has 0 unspecified atom stereocenters. The van der Waals surface area contributed by atoms with E-state index < -0.39 is 23.6 Å². The monoisotopic (exact) mass is 430 g/mol. The van der Waals surface area contributed by atoms with Gasteiger partial charge in [-0.05, 0) is 23.8 Å². The van der Waals surface area contributed by atoms with Crippen molar-refractivity contribution in [2.45, 2.75) is 19.1 Å². The van der Waals surface area contributed by atoms with E-state index in [9.17, 15) is 22.8 Å². The number of nitrogens with one attached hydrogen (secondary N) is 1. The first-order valence-electron chi connectivity index (χ1n) is 9.41. The predicted molar refractivity (Wildman–Crippen MR) is 109 cm³/mol. The molecule has 2 amide bonds. The summed E-state index contributed by atoms with van der Waals surface area (Å²) in [5.74, 6) is -1.08. The van der Waals surface area contributed by atoms with E-state index in [4.69, 9.17) is 0 Å². The molecule has 1 heterocycles. The van der Waals surface area contributed by atoms with Gasteiger partial charge in [0, 0.05) is 43.7 Å². The van der Waals surface area contributed by atoms with Crippen molar-refractivity contribution in [3.8, 4) is 0 Å². The summed E-state index contributed by atoms with van der Waals surface area (Å²) in [5, 5.41) is 6.48. The highest BCUT2D eigenvalue weighted by atomic mass is 19.4. The number of carbonyl (C=O) groups excluding carboxylic acids is 2. The Balaban J connectivity index is 1.82. The maximum atomic E-state index is 13.4. The smallest absolute Gasteiger partial charge is 0.337 e. The number of hydrogen-bond acceptors (Lipinski definition) is 3. The molecule has 3 aromatic rings. The van der Waals surface area contributed by atoms with Crippen LogP contribution in [-0.2, 0) is 31.0 Å². The highest BCUT2D eigenvalue weighted by Gasteiger charge is 2.32. The minimum Gasteiger partial charge on any atom is -0.337 e. The molecule has 0 saturated carbocycles. The van der Waals surface area contributed by atoms with Crippen molar-refractivity contribution in [2.75, 3.05) is 12.4 Å². The summed E-state index contributed by atoms with van der Waals surface area (Å²) in [7, 11) is 3.21. The van der Waals surface area contributed by atoms with Gasteiger partial charge in [-0.25, -0.2) is 0 Å². The van der Waals surface area contributed by atoms with E-state index in [1.165, 1.54) is 18.0 Å². The van der Waals surface area contributed by atoms with Crippen molar-refractivity contribution < 1.29 is 22.8 Å². The van der Waals surface area contributed by atoms with E-state index >= 15 is 0 Å². The highest BCUT2D eigenvalue weighted by molar-refractivity contribution is 5.97. The zero-order chi connectivity index (χ0) is 22.6. The van der Waals surface area contributed by atoms with Gasteiger partial charge in [0.1, 0.15) is 0 Å². The molecule has 0 atom stereocenters. The number of benzene rings is 2. The van der Waals surface area contributed by atoms with Gasteiger partial charge in [0.05, 0.1) is 18.2 Å². The SMILES string of the molecule is CN(Cc1cnn(C)c1)C(=O)c1cc(NC(=O)Cc2ccccc2)cc(C(F)(F)F)c1. The Morgan fingerprint density at radius 2 is 1.81 bits per heavy atom. The van der Waals surface area contributed by atoms with Crippen molar-refractivity contribution in [2.24, 2.45) is 7.05 Å². The first-order chi connectivity index (χ1) is 14.6. The molecule has 1 aromatic heterocycles. The molecule has 0 saturated heterocycles. The number of aryl methyl sites for hydroxylation is 1. The molecule has 0 radical (unpaired) electrons. The largest absolute Gasteiger partial charge is 0.416 e. The Morgan fingerprint density at radius 1 is 1.10 bits per heavy atom. The van der Waals surface area contributed by atoms with Gasteiger partial charge in [0.25, 0.3) is 5.91 Å². The number of nitrogens with zero attached hydrogens (tertiary/aromatic N) is 3. The van der Waals surface area contributed by atoms with E-state index in [1.54, 1.807) is 54.5 Å². The first-order valence-corrected chi connectivity index (χ1v) is 9.41. The summed E-state index contributed by atoms with van der Waals surface area (Å²) >= 11 is 0. The van der Waals surface area contributed by atoms with Crippen molar-refractivity contribution in [1.29, 1.82) is 0 Å². The topological polar surface area (TPSA) is 67.2 Å². The van der Waals surface area contributed by atoms with E-state index in [2.05, 4.69) is 10.4 Å². The van der Waals surface area contributed by atoms with Crippen LogP contribution in [0.3, 0.4) is 0 Å². The molecule has 6 nitrogen and oxygen atoms in total. The Labute approximate surface area is 177 Å². The summed E-state index contributed by atoms with van der Waals surface area (Å²) in [4.78, 5) is 26.4. The second kappa shape index (κ2) is 9.03. The van der Waals surface area contributed by atoms with Crippen molar-refractivity contribution in [1.82, 2.24) is 14.7 Å². The number of rotatable bonds is 6. The van der Waals surface area contributed by atoms with Gasteiger partial charge in [-0.15, -0.1) is 0 Å². The zero-order valence-electron chi connectivity index (χ0n) is 17.0. The van der Waals surface area contributed by atoms with Crippen LogP contribution >= 0.6 is 0 Å². The zero-order valence-corrected chi connectivity index (χ0v) is 17.0. The normalized spacial score (nSPS) is 11.3. The highest BCUT2D eigenvalue weighted by Crippen LogP contribution is 2.32. The fourth-order valence-electron chi connectivity index (χ4n) is 3.09. The lowest BCUT2D eigenvalue weighted by Gasteiger charge is -2.18. The van der Waals surface area contributed by atoms with Crippen molar-refractivity contribution in [3.63, 3.8) is 0 Å². The summed E-state index contributed by atoms with van der Waals surface area (Å²) in [5.41, 5.74) is 0.189. The van der Waals surface area contributed by atoms with Crippen LogP contribution in [0.15, 0.2) is 60.9 Å². The fraction of sp³-hybridized carbons (Fsp3) is 0.227. The van der Waals surface area contributed by atoms with Gasteiger partial charge in [0.15, 0.2) is 0 Å². The third kappa shape index (κ3) is 5.94. The number of amides is 2. The maximum absolute atomic E-state index is 13.4. The van der Waals surface area contributed by atoms with Gasteiger partial charge >= 0.3 is 6.18 Å². The standard InChI is InChI=1S/C22H21F3N4O2/c1-28(13-16-12-26-29(2)14-16)21(31)17-9-18(22(23,24)25)11-19(10-17)27-20(30)8-15-6-4-3-5-7-15/h3-7,9-12,14H,8,13H2,1-2H3,(H,27,30). The van der Waals surface area contributed by atoms with Gasteiger partial charge in [-0.2, -0.15) is 18.3 Å². The molecule has 9 heteroatoms. The minimum atomic E-state index is -4.67. The van der Waals surface area contributed by atoms with E-state index in [0.29, 0.717) is 0 Å². The van der Waals surface area contributed by atoms with E-state index in [0.717, 1.165) is 23.3 Å². The average molecular weight is 430 g/mol. The molecule has 3 rings (SSSR count). The maximum Gasteiger partial charge on any atom is 0.416 e. The van der Waals surface area contributed by atoms with Crippen LogP contribution in [0, 0.1) is 0 Å². The molecule has 2 aromatic carbocycles. The van der Waals surface area contributed by atoms with Gasteiger partial charge in [0.2, 0.25) is 5.91 Å². The fourth-order valence-corrected chi connectivity index (χ4v) is 3.09. The van der Waals surface area contributed by atoms with Crippen LogP contribution in [0.1, 0.15) is 27.0 Å². The second-order valence-electron chi connectivity index (χ2n) is 7.19. The molecule has 0 aliphatic rings. The number of aromatic nitrogens is 2. The lowest BCUT2D eigenvalue weighted by molar-refractivity contribution is -0.137. The molecule has 162 valence electrons. The molecule has 0 fully saturated rings. The molecular weight excluding hydrogens is 409 g/mol. The molecule has 0 aliphatic carbocycles. The summed E-state index contributed by atoms with van der Waals surface area (Å²) < 4.78 is 41.8. The second-order valence-corrected chi connectivity index (χ2v) is 7.19. The summed E-state index contributed by atoms with van der Waals surface area (Å²) in [6.45, 7) is 0.179. The Morgan fingerprint density at radius 3 is 2.42 bits per heavy atom. The number of hydrogen-bond donors (Lipinski definition) is 1. The number of alkyl halides is 3. The molecule has 0 spiro atoms. The third-order valence-corrected chi connectivity index (χ3v) is 4.52. The number of halogens is 3.